The van der Waals surface area contributed by atoms with Crippen molar-refractivity contribution in [2.24, 2.45) is 5.92 Å². The molecule has 0 aromatic carbocycles. The minimum absolute atomic E-state index is 0.207. The van der Waals surface area contributed by atoms with Crippen molar-refractivity contribution in [2.75, 3.05) is 20.1 Å². The number of hydrogen-bond donors (Lipinski definition) is 1. The van der Waals surface area contributed by atoms with Crippen molar-refractivity contribution >= 4 is 5.91 Å². The lowest BCUT2D eigenvalue weighted by molar-refractivity contribution is -0.130. The number of rotatable bonds is 2. The molecule has 1 heterocycles. The molecule has 0 spiro atoms. The lowest BCUT2D eigenvalue weighted by Gasteiger charge is -2.35. The van der Waals surface area contributed by atoms with Crippen LogP contribution in [0.3, 0.4) is 0 Å². The highest BCUT2D eigenvalue weighted by molar-refractivity contribution is 5.80. The smallest absolute Gasteiger partial charge is 0.225 e. The van der Waals surface area contributed by atoms with Gasteiger partial charge in [0.25, 0.3) is 0 Å². The van der Waals surface area contributed by atoms with E-state index in [1.807, 2.05) is 20.9 Å². The Kier molecular flexibility index (Phi) is 2.49. The van der Waals surface area contributed by atoms with Crippen LogP contribution in [-0.4, -0.2) is 37.0 Å². The first kappa shape index (κ1) is 8.53. The van der Waals surface area contributed by atoms with Crippen LogP contribution in [-0.2, 0) is 4.79 Å². The van der Waals surface area contributed by atoms with Crippen molar-refractivity contribution < 1.29 is 4.79 Å². The molecule has 0 aromatic rings. The van der Waals surface area contributed by atoms with Crippen LogP contribution in [0.5, 0.6) is 0 Å². The number of likely N-dealkylation sites (tertiary alicyclic amines) is 1. The number of carbonyl (C=O) groups is 1. The first-order chi connectivity index (χ1) is 5.09. The third kappa shape index (κ3) is 2.19. The van der Waals surface area contributed by atoms with Crippen LogP contribution < -0.4 is 5.32 Å². The molecule has 1 rings (SSSR count). The van der Waals surface area contributed by atoms with Gasteiger partial charge in [-0.15, -0.1) is 0 Å². The van der Waals surface area contributed by atoms with Crippen molar-refractivity contribution in [3.8, 4) is 0 Å². The molecule has 3 nitrogen and oxygen atoms in total. The summed E-state index contributed by atoms with van der Waals surface area (Å²) in [5.74, 6) is 0.445. The summed E-state index contributed by atoms with van der Waals surface area (Å²) in [6.07, 6.45) is 0. The zero-order valence-corrected chi connectivity index (χ0v) is 7.42. The summed E-state index contributed by atoms with van der Waals surface area (Å²) in [6, 6.07) is 0.272. The van der Waals surface area contributed by atoms with Crippen LogP contribution in [0.25, 0.3) is 0 Å². The van der Waals surface area contributed by atoms with Gasteiger partial charge in [-0.05, 0) is 20.9 Å². The maximum atomic E-state index is 11.2. The molecule has 1 aliphatic heterocycles. The fraction of sp³-hybridized carbons (Fsp3) is 0.875. The molecule has 1 N–H and O–H groups in total. The molecule has 0 atom stereocenters. The molecule has 1 aliphatic rings. The summed E-state index contributed by atoms with van der Waals surface area (Å²) >= 11 is 0. The van der Waals surface area contributed by atoms with E-state index < -0.39 is 0 Å². The number of carbonyl (C=O) groups excluding carboxylic acids is 1. The Bertz CT molecular complexity index is 150. The topological polar surface area (TPSA) is 32.3 Å². The van der Waals surface area contributed by atoms with E-state index in [0.29, 0.717) is 0 Å². The first-order valence-electron chi connectivity index (χ1n) is 4.08. The zero-order valence-electron chi connectivity index (χ0n) is 7.42. The minimum Gasteiger partial charge on any atom is -0.354 e. The highest BCUT2D eigenvalue weighted by Crippen LogP contribution is 2.12. The maximum Gasteiger partial charge on any atom is 0.225 e. The van der Waals surface area contributed by atoms with Gasteiger partial charge in [-0.3, -0.25) is 4.79 Å². The fourth-order valence-corrected chi connectivity index (χ4v) is 1.27. The van der Waals surface area contributed by atoms with E-state index in [4.69, 9.17) is 0 Å². The van der Waals surface area contributed by atoms with Crippen molar-refractivity contribution in [1.82, 2.24) is 10.2 Å². The van der Waals surface area contributed by atoms with Gasteiger partial charge in [0.1, 0.15) is 0 Å². The Hall–Kier alpha value is -0.570. The summed E-state index contributed by atoms with van der Waals surface area (Å²) in [6.45, 7) is 5.80. The molecule has 1 fully saturated rings. The van der Waals surface area contributed by atoms with E-state index in [-0.39, 0.29) is 17.9 Å². The molecular formula is C8H16N2O. The number of nitrogens with zero attached hydrogens (tertiary/aromatic N) is 1. The predicted molar refractivity (Wildman–Crippen MR) is 44.3 cm³/mol. The van der Waals surface area contributed by atoms with Crippen LogP contribution in [0.1, 0.15) is 13.8 Å². The molecule has 0 saturated carbocycles. The molecule has 0 unspecified atom stereocenters. The maximum absolute atomic E-state index is 11.2. The lowest BCUT2D eigenvalue weighted by atomic mass is 10.0. The van der Waals surface area contributed by atoms with Crippen molar-refractivity contribution in [3.63, 3.8) is 0 Å². The Morgan fingerprint density at radius 2 is 2.09 bits per heavy atom. The highest BCUT2D eigenvalue weighted by Gasteiger charge is 2.29. The van der Waals surface area contributed by atoms with Crippen LogP contribution in [0.15, 0.2) is 0 Å². The molecule has 1 amide bonds. The summed E-state index contributed by atoms with van der Waals surface area (Å²) in [5.41, 5.74) is 0. The van der Waals surface area contributed by atoms with E-state index in [2.05, 4.69) is 10.2 Å². The van der Waals surface area contributed by atoms with Crippen LogP contribution in [0.4, 0.5) is 0 Å². The average molecular weight is 156 g/mol. The summed E-state index contributed by atoms with van der Waals surface area (Å²) in [5, 5.41) is 2.90. The Balaban J connectivity index is 2.21. The third-order valence-electron chi connectivity index (χ3n) is 1.87. The highest BCUT2D eigenvalue weighted by atomic mass is 16.2. The quantitative estimate of drug-likeness (QED) is 0.613. The predicted octanol–water partition coefficient (Wildman–Crippen LogP) is 0.0726. The average Bonchev–Trinajstić information content (AvgIpc) is 1.79. The van der Waals surface area contributed by atoms with Gasteiger partial charge in [0, 0.05) is 19.1 Å². The second kappa shape index (κ2) is 3.22. The molecule has 1 saturated heterocycles. The Morgan fingerprint density at radius 1 is 1.55 bits per heavy atom. The second-order valence-corrected chi connectivity index (χ2v) is 3.58. The molecule has 3 heteroatoms. The normalized spacial score (nSPS) is 20.0. The number of amides is 1. The molecular weight excluding hydrogens is 140 g/mol. The van der Waals surface area contributed by atoms with Crippen molar-refractivity contribution in [3.05, 3.63) is 0 Å². The minimum atomic E-state index is 0.207. The van der Waals surface area contributed by atoms with E-state index in [9.17, 15) is 4.79 Å². The molecule has 0 bridgehead atoms. The van der Waals surface area contributed by atoms with Crippen molar-refractivity contribution in [1.29, 1.82) is 0 Å². The third-order valence-corrected chi connectivity index (χ3v) is 1.87. The van der Waals surface area contributed by atoms with Gasteiger partial charge in [0.05, 0.1) is 5.92 Å². The van der Waals surface area contributed by atoms with E-state index in [1.54, 1.807) is 0 Å². The summed E-state index contributed by atoms with van der Waals surface area (Å²) < 4.78 is 0. The monoisotopic (exact) mass is 156 g/mol. The molecule has 11 heavy (non-hydrogen) atoms. The Morgan fingerprint density at radius 3 is 2.45 bits per heavy atom. The van der Waals surface area contributed by atoms with Crippen LogP contribution in [0.2, 0.25) is 0 Å². The number of nitrogens with one attached hydrogen (secondary N) is 1. The van der Waals surface area contributed by atoms with Gasteiger partial charge in [0.2, 0.25) is 5.91 Å². The largest absolute Gasteiger partial charge is 0.354 e. The van der Waals surface area contributed by atoms with Gasteiger partial charge in [0.15, 0.2) is 0 Å². The van der Waals surface area contributed by atoms with Crippen molar-refractivity contribution in [2.45, 2.75) is 19.9 Å². The molecule has 0 aliphatic carbocycles. The van der Waals surface area contributed by atoms with Crippen LogP contribution >= 0.6 is 0 Å². The molecule has 0 aromatic heterocycles. The van der Waals surface area contributed by atoms with Crippen LogP contribution in [0, 0.1) is 5.92 Å². The SMILES string of the molecule is CC(C)NC(=O)C1CN(C)C1. The van der Waals surface area contributed by atoms with E-state index in [0.717, 1.165) is 13.1 Å². The van der Waals surface area contributed by atoms with Gasteiger partial charge in [-0.25, -0.2) is 0 Å². The number of hydrogen-bond acceptors (Lipinski definition) is 2. The van der Waals surface area contributed by atoms with Gasteiger partial charge in [-0.2, -0.15) is 0 Å². The zero-order chi connectivity index (χ0) is 8.43. The lowest BCUT2D eigenvalue weighted by Crippen LogP contribution is -2.52. The Labute approximate surface area is 67.8 Å². The fourth-order valence-electron chi connectivity index (χ4n) is 1.27. The van der Waals surface area contributed by atoms with E-state index >= 15 is 0 Å². The standard InChI is InChI=1S/C8H16N2O/c1-6(2)9-8(11)7-4-10(3)5-7/h6-7H,4-5H2,1-3H3,(H,9,11). The molecule has 64 valence electrons. The second-order valence-electron chi connectivity index (χ2n) is 3.58. The molecule has 0 radical (unpaired) electrons. The van der Waals surface area contributed by atoms with Gasteiger partial charge in [-0.1, -0.05) is 0 Å². The van der Waals surface area contributed by atoms with Gasteiger partial charge < -0.3 is 10.2 Å². The first-order valence-corrected chi connectivity index (χ1v) is 4.08. The van der Waals surface area contributed by atoms with Gasteiger partial charge >= 0.3 is 0 Å². The summed E-state index contributed by atoms with van der Waals surface area (Å²) in [4.78, 5) is 13.4. The summed E-state index contributed by atoms with van der Waals surface area (Å²) in [7, 11) is 2.03. The van der Waals surface area contributed by atoms with E-state index in [1.165, 1.54) is 0 Å².